The second-order valence-corrected chi connectivity index (χ2v) is 5.11. The lowest BCUT2D eigenvalue weighted by Gasteiger charge is -2.26. The molecule has 0 radical (unpaired) electrons. The molecule has 2 rings (SSSR count). The SMILES string of the molecule is CC[C@H](C)Oc1cccc(OCCN2CCOCC2)c1. The van der Waals surface area contributed by atoms with Gasteiger partial charge in [-0.1, -0.05) is 13.0 Å². The summed E-state index contributed by atoms with van der Waals surface area (Å²) in [6, 6.07) is 7.89. The summed E-state index contributed by atoms with van der Waals surface area (Å²) < 4.78 is 16.9. The first-order valence-corrected chi connectivity index (χ1v) is 7.47. The Morgan fingerprint density at radius 2 is 2.00 bits per heavy atom. The van der Waals surface area contributed by atoms with Gasteiger partial charge in [0.15, 0.2) is 0 Å². The zero-order chi connectivity index (χ0) is 14.2. The van der Waals surface area contributed by atoms with Crippen LogP contribution in [0.1, 0.15) is 20.3 Å². The van der Waals surface area contributed by atoms with Crippen LogP contribution in [0.2, 0.25) is 0 Å². The van der Waals surface area contributed by atoms with Crippen LogP contribution in [0.15, 0.2) is 24.3 Å². The maximum absolute atomic E-state index is 5.80. The summed E-state index contributed by atoms with van der Waals surface area (Å²) in [6.07, 6.45) is 1.24. The summed E-state index contributed by atoms with van der Waals surface area (Å²) in [5.41, 5.74) is 0. The Balaban J connectivity index is 1.75. The standard InChI is InChI=1S/C16H25NO3/c1-3-14(2)20-16-6-4-5-15(13-16)19-12-9-17-7-10-18-11-8-17/h4-6,13-14H,3,7-12H2,1-2H3/t14-/m0/s1. The zero-order valence-corrected chi connectivity index (χ0v) is 12.5. The van der Waals surface area contributed by atoms with E-state index in [1.165, 1.54) is 0 Å². The molecule has 1 fully saturated rings. The largest absolute Gasteiger partial charge is 0.492 e. The lowest BCUT2D eigenvalue weighted by atomic mass is 10.3. The molecule has 0 amide bonds. The van der Waals surface area contributed by atoms with Crippen molar-refractivity contribution >= 4 is 0 Å². The number of rotatable bonds is 7. The molecule has 1 saturated heterocycles. The van der Waals surface area contributed by atoms with E-state index in [1.54, 1.807) is 0 Å². The topological polar surface area (TPSA) is 30.9 Å². The van der Waals surface area contributed by atoms with Gasteiger partial charge in [-0.25, -0.2) is 0 Å². The van der Waals surface area contributed by atoms with E-state index in [-0.39, 0.29) is 6.10 Å². The van der Waals surface area contributed by atoms with Crippen molar-refractivity contribution in [2.45, 2.75) is 26.4 Å². The van der Waals surface area contributed by atoms with Crippen LogP contribution < -0.4 is 9.47 Å². The maximum atomic E-state index is 5.80. The van der Waals surface area contributed by atoms with E-state index in [1.807, 2.05) is 24.3 Å². The van der Waals surface area contributed by atoms with Crippen molar-refractivity contribution in [1.82, 2.24) is 4.90 Å². The minimum absolute atomic E-state index is 0.235. The van der Waals surface area contributed by atoms with Crippen LogP contribution in [0.25, 0.3) is 0 Å². The number of benzene rings is 1. The minimum atomic E-state index is 0.235. The summed E-state index contributed by atoms with van der Waals surface area (Å²) in [6.45, 7) is 9.50. The first-order valence-electron chi connectivity index (χ1n) is 7.47. The molecule has 0 aromatic heterocycles. The molecule has 0 spiro atoms. The lowest BCUT2D eigenvalue weighted by Crippen LogP contribution is -2.38. The second-order valence-electron chi connectivity index (χ2n) is 5.11. The molecule has 20 heavy (non-hydrogen) atoms. The normalized spacial score (nSPS) is 17.7. The predicted molar refractivity (Wildman–Crippen MR) is 79.6 cm³/mol. The fraction of sp³-hybridized carbons (Fsp3) is 0.625. The molecule has 4 nitrogen and oxygen atoms in total. The van der Waals surface area contributed by atoms with Gasteiger partial charge in [0.05, 0.1) is 19.3 Å². The second kappa shape index (κ2) is 8.12. The van der Waals surface area contributed by atoms with Gasteiger partial charge < -0.3 is 14.2 Å². The molecule has 112 valence electrons. The van der Waals surface area contributed by atoms with E-state index < -0.39 is 0 Å². The van der Waals surface area contributed by atoms with Gasteiger partial charge in [0, 0.05) is 25.7 Å². The van der Waals surface area contributed by atoms with Crippen molar-refractivity contribution in [3.05, 3.63) is 24.3 Å². The highest BCUT2D eigenvalue weighted by atomic mass is 16.5. The third-order valence-corrected chi connectivity index (χ3v) is 3.50. The molecule has 1 atom stereocenters. The number of ether oxygens (including phenoxy) is 3. The smallest absolute Gasteiger partial charge is 0.123 e. The van der Waals surface area contributed by atoms with Crippen molar-refractivity contribution in [2.75, 3.05) is 39.5 Å². The Hall–Kier alpha value is -1.26. The highest BCUT2D eigenvalue weighted by molar-refractivity contribution is 5.33. The van der Waals surface area contributed by atoms with E-state index in [4.69, 9.17) is 14.2 Å². The highest BCUT2D eigenvalue weighted by Crippen LogP contribution is 2.21. The average molecular weight is 279 g/mol. The van der Waals surface area contributed by atoms with Crippen LogP contribution >= 0.6 is 0 Å². The Kier molecular flexibility index (Phi) is 6.15. The fourth-order valence-corrected chi connectivity index (χ4v) is 2.07. The van der Waals surface area contributed by atoms with Crippen molar-refractivity contribution in [3.63, 3.8) is 0 Å². The van der Waals surface area contributed by atoms with E-state index in [2.05, 4.69) is 18.7 Å². The molecule has 0 unspecified atom stereocenters. The molecule has 0 N–H and O–H groups in total. The molecule has 1 heterocycles. The van der Waals surface area contributed by atoms with Gasteiger partial charge in [-0.05, 0) is 25.5 Å². The van der Waals surface area contributed by atoms with Crippen LogP contribution in [-0.4, -0.2) is 50.5 Å². The highest BCUT2D eigenvalue weighted by Gasteiger charge is 2.10. The van der Waals surface area contributed by atoms with Crippen LogP contribution in [-0.2, 0) is 4.74 Å². The van der Waals surface area contributed by atoms with Crippen molar-refractivity contribution in [1.29, 1.82) is 0 Å². The summed E-state index contributed by atoms with van der Waals surface area (Å²) >= 11 is 0. The van der Waals surface area contributed by atoms with Crippen molar-refractivity contribution in [2.24, 2.45) is 0 Å². The lowest BCUT2D eigenvalue weighted by molar-refractivity contribution is 0.0322. The predicted octanol–water partition coefficient (Wildman–Crippen LogP) is 2.57. The Morgan fingerprint density at radius 1 is 1.25 bits per heavy atom. The van der Waals surface area contributed by atoms with Crippen LogP contribution in [0.4, 0.5) is 0 Å². The third-order valence-electron chi connectivity index (χ3n) is 3.50. The molecule has 0 aliphatic carbocycles. The van der Waals surface area contributed by atoms with Crippen LogP contribution in [0.5, 0.6) is 11.5 Å². The van der Waals surface area contributed by atoms with Crippen molar-refractivity contribution in [3.8, 4) is 11.5 Å². The number of nitrogens with zero attached hydrogens (tertiary/aromatic N) is 1. The van der Waals surface area contributed by atoms with Gasteiger partial charge in [-0.15, -0.1) is 0 Å². The molecule has 4 heteroatoms. The zero-order valence-electron chi connectivity index (χ0n) is 12.5. The Morgan fingerprint density at radius 3 is 2.75 bits per heavy atom. The number of hydrogen-bond acceptors (Lipinski definition) is 4. The average Bonchev–Trinajstić information content (AvgIpc) is 2.48. The summed E-state index contributed by atoms with van der Waals surface area (Å²) in [4.78, 5) is 2.36. The van der Waals surface area contributed by atoms with Crippen molar-refractivity contribution < 1.29 is 14.2 Å². The van der Waals surface area contributed by atoms with Gasteiger partial charge in [-0.2, -0.15) is 0 Å². The molecular weight excluding hydrogens is 254 g/mol. The van der Waals surface area contributed by atoms with Gasteiger partial charge in [0.25, 0.3) is 0 Å². The Bertz CT molecular complexity index is 391. The molecule has 0 saturated carbocycles. The monoisotopic (exact) mass is 279 g/mol. The van der Waals surface area contributed by atoms with Gasteiger partial charge >= 0.3 is 0 Å². The summed E-state index contributed by atoms with van der Waals surface area (Å²) in [7, 11) is 0. The number of morpholine rings is 1. The molecule has 0 bridgehead atoms. The van der Waals surface area contributed by atoms with Gasteiger partial charge in [0.2, 0.25) is 0 Å². The quantitative estimate of drug-likeness (QED) is 0.767. The van der Waals surface area contributed by atoms with Gasteiger partial charge in [-0.3, -0.25) is 4.90 Å². The summed E-state index contributed by atoms with van der Waals surface area (Å²) in [5, 5.41) is 0. The van der Waals surface area contributed by atoms with Gasteiger partial charge in [0.1, 0.15) is 18.1 Å². The van der Waals surface area contributed by atoms with E-state index in [0.717, 1.165) is 50.8 Å². The fourth-order valence-electron chi connectivity index (χ4n) is 2.07. The number of hydrogen-bond donors (Lipinski definition) is 0. The van der Waals surface area contributed by atoms with E-state index in [9.17, 15) is 0 Å². The maximum Gasteiger partial charge on any atom is 0.123 e. The molecule has 1 aliphatic rings. The summed E-state index contributed by atoms with van der Waals surface area (Å²) in [5.74, 6) is 1.75. The van der Waals surface area contributed by atoms with E-state index >= 15 is 0 Å². The molecule has 1 aromatic carbocycles. The molecule has 1 aromatic rings. The third kappa shape index (κ3) is 5.02. The minimum Gasteiger partial charge on any atom is -0.492 e. The molecular formula is C16H25NO3. The van der Waals surface area contributed by atoms with Crippen LogP contribution in [0.3, 0.4) is 0 Å². The molecule has 1 aliphatic heterocycles. The van der Waals surface area contributed by atoms with Crippen LogP contribution in [0, 0.1) is 0 Å². The first-order chi connectivity index (χ1) is 9.78. The Labute approximate surface area is 121 Å². The first kappa shape index (κ1) is 15.1. The van der Waals surface area contributed by atoms with E-state index in [0.29, 0.717) is 6.61 Å².